The van der Waals surface area contributed by atoms with Crippen LogP contribution in [-0.4, -0.2) is 55.2 Å². The lowest BCUT2D eigenvalue weighted by Gasteiger charge is -2.19. The number of hydrogen-bond donors (Lipinski definition) is 1. The lowest BCUT2D eigenvalue weighted by molar-refractivity contribution is 0.152. The van der Waals surface area contributed by atoms with Crippen LogP contribution in [0.25, 0.3) is 33.5 Å². The van der Waals surface area contributed by atoms with Gasteiger partial charge >= 0.3 is 0 Å². The Morgan fingerprint density at radius 1 is 0.978 bits per heavy atom. The minimum atomic E-state index is -2.78. The number of rotatable bonds is 8. The standard InChI is InChI=1S/C34H35F2N7O2/c1-41-15-13-26(20-41)45-25-10-8-23(9-11-25)39-34-38-19-22-18-29(33(44)43(32(22)40-34)24-5-3-4-6-24)27-12-7-21(17-28(27)30(35)36)31-37-14-16-42(31)2/h7-12,14,16-19,24,26,30H,3-6,13,15,20H2,1-2H3,(H,38,39,40). The van der Waals surface area contributed by atoms with Crippen molar-refractivity contribution >= 4 is 22.7 Å². The van der Waals surface area contributed by atoms with Gasteiger partial charge in [-0.25, -0.2) is 18.7 Å². The molecule has 5 aromatic rings. The minimum Gasteiger partial charge on any atom is -0.489 e. The van der Waals surface area contributed by atoms with Crippen molar-refractivity contribution in [1.29, 1.82) is 0 Å². The Labute approximate surface area is 259 Å². The van der Waals surface area contributed by atoms with Crippen LogP contribution < -0.4 is 15.6 Å². The SMILES string of the molecule is CN1CCC(Oc2ccc(Nc3ncc4cc(-c5ccc(-c6nccn6C)cc5C(F)F)c(=O)n(C5CCCC5)c4n3)cc2)C1. The molecule has 45 heavy (non-hydrogen) atoms. The summed E-state index contributed by atoms with van der Waals surface area (Å²) in [6, 6.07) is 14.0. The summed E-state index contributed by atoms with van der Waals surface area (Å²) in [4.78, 5) is 30.1. The van der Waals surface area contributed by atoms with E-state index in [2.05, 4.69) is 27.2 Å². The highest BCUT2D eigenvalue weighted by Crippen LogP contribution is 2.36. The molecule has 4 heterocycles. The van der Waals surface area contributed by atoms with Gasteiger partial charge in [0.25, 0.3) is 12.0 Å². The predicted octanol–water partition coefficient (Wildman–Crippen LogP) is 6.74. The lowest BCUT2D eigenvalue weighted by Crippen LogP contribution is -2.26. The van der Waals surface area contributed by atoms with Crippen LogP contribution in [0.4, 0.5) is 20.4 Å². The molecule has 11 heteroatoms. The number of imidazole rings is 1. The first-order valence-corrected chi connectivity index (χ1v) is 15.4. The first-order chi connectivity index (χ1) is 21.8. The van der Waals surface area contributed by atoms with Crippen LogP contribution in [0.2, 0.25) is 0 Å². The summed E-state index contributed by atoms with van der Waals surface area (Å²) in [6.07, 6.45) is 7.07. The fourth-order valence-electron chi connectivity index (χ4n) is 6.58. The number of nitrogens with one attached hydrogen (secondary N) is 1. The van der Waals surface area contributed by atoms with Crippen molar-refractivity contribution in [1.82, 2.24) is 29.0 Å². The summed E-state index contributed by atoms with van der Waals surface area (Å²) in [5, 5.41) is 3.86. The number of likely N-dealkylation sites (N-methyl/N-ethyl adjacent to an activating group) is 1. The Morgan fingerprint density at radius 2 is 1.78 bits per heavy atom. The second kappa shape index (κ2) is 12.0. The van der Waals surface area contributed by atoms with Crippen LogP contribution >= 0.6 is 0 Å². The molecule has 0 radical (unpaired) electrons. The van der Waals surface area contributed by atoms with Gasteiger partial charge in [-0.1, -0.05) is 25.0 Å². The molecule has 0 amide bonds. The number of fused-ring (bicyclic) bond motifs is 1. The van der Waals surface area contributed by atoms with Gasteiger partial charge in [0.15, 0.2) is 0 Å². The van der Waals surface area contributed by atoms with E-state index in [1.165, 1.54) is 6.07 Å². The number of anilines is 2. The molecule has 0 bridgehead atoms. The van der Waals surface area contributed by atoms with Crippen LogP contribution in [-0.2, 0) is 7.05 Å². The number of benzene rings is 2. The highest BCUT2D eigenvalue weighted by atomic mass is 19.3. The maximum absolute atomic E-state index is 14.5. The minimum absolute atomic E-state index is 0.0735. The van der Waals surface area contributed by atoms with Crippen molar-refractivity contribution in [2.75, 3.05) is 25.5 Å². The first kappa shape index (κ1) is 29.1. The topological polar surface area (TPSA) is 90.1 Å². The maximum Gasteiger partial charge on any atom is 0.264 e. The van der Waals surface area contributed by atoms with Gasteiger partial charge in [-0.2, -0.15) is 4.98 Å². The fourth-order valence-corrected chi connectivity index (χ4v) is 6.58. The zero-order valence-electron chi connectivity index (χ0n) is 25.3. The molecule has 2 aliphatic rings. The molecule has 0 spiro atoms. The number of ether oxygens (including phenoxy) is 1. The molecule has 1 aliphatic carbocycles. The lowest BCUT2D eigenvalue weighted by atomic mass is 9.97. The monoisotopic (exact) mass is 611 g/mol. The summed E-state index contributed by atoms with van der Waals surface area (Å²) in [7, 11) is 3.90. The van der Waals surface area contributed by atoms with Crippen LogP contribution in [0.15, 0.2) is 71.9 Å². The third-order valence-corrected chi connectivity index (χ3v) is 8.88. The van der Waals surface area contributed by atoms with Crippen LogP contribution in [0.3, 0.4) is 0 Å². The van der Waals surface area contributed by atoms with E-state index in [0.717, 1.165) is 56.6 Å². The van der Waals surface area contributed by atoms with Gasteiger partial charge in [0.05, 0.1) is 0 Å². The largest absolute Gasteiger partial charge is 0.489 e. The van der Waals surface area contributed by atoms with Gasteiger partial charge in [0.2, 0.25) is 5.95 Å². The summed E-state index contributed by atoms with van der Waals surface area (Å²) in [6.45, 7) is 1.94. The second-order valence-corrected chi connectivity index (χ2v) is 12.0. The zero-order chi connectivity index (χ0) is 31.1. The number of halogens is 2. The van der Waals surface area contributed by atoms with Gasteiger partial charge in [0.1, 0.15) is 23.3 Å². The Hall–Kier alpha value is -4.64. The molecule has 1 N–H and O–H groups in total. The number of hydrogen-bond acceptors (Lipinski definition) is 7. The normalized spacial score (nSPS) is 17.5. The predicted molar refractivity (Wildman–Crippen MR) is 170 cm³/mol. The average Bonchev–Trinajstić information content (AvgIpc) is 3.81. The van der Waals surface area contributed by atoms with Crippen molar-refractivity contribution in [3.05, 3.63) is 83.0 Å². The van der Waals surface area contributed by atoms with E-state index in [4.69, 9.17) is 9.72 Å². The van der Waals surface area contributed by atoms with E-state index >= 15 is 0 Å². The summed E-state index contributed by atoms with van der Waals surface area (Å²) < 4.78 is 38.6. The number of alkyl halides is 2. The van der Waals surface area contributed by atoms with Gasteiger partial charge in [-0.3, -0.25) is 9.36 Å². The van der Waals surface area contributed by atoms with Crippen molar-refractivity contribution in [2.45, 2.75) is 50.7 Å². The van der Waals surface area contributed by atoms with E-state index in [0.29, 0.717) is 28.4 Å². The smallest absolute Gasteiger partial charge is 0.264 e. The van der Waals surface area contributed by atoms with Crippen LogP contribution in [0, 0.1) is 0 Å². The highest BCUT2D eigenvalue weighted by Gasteiger charge is 2.26. The van der Waals surface area contributed by atoms with Crippen molar-refractivity contribution in [3.8, 4) is 28.3 Å². The molecule has 1 saturated carbocycles. The number of pyridine rings is 1. The molecule has 2 aromatic carbocycles. The second-order valence-electron chi connectivity index (χ2n) is 12.0. The molecular formula is C34H35F2N7O2. The van der Waals surface area contributed by atoms with E-state index in [1.54, 1.807) is 45.9 Å². The van der Waals surface area contributed by atoms with Gasteiger partial charge in [-0.15, -0.1) is 0 Å². The van der Waals surface area contributed by atoms with Crippen molar-refractivity contribution < 1.29 is 13.5 Å². The molecular weight excluding hydrogens is 576 g/mol. The molecule has 1 unspecified atom stereocenters. The Kier molecular flexibility index (Phi) is 7.78. The zero-order valence-corrected chi connectivity index (χ0v) is 25.3. The first-order valence-electron chi connectivity index (χ1n) is 15.4. The van der Waals surface area contributed by atoms with E-state index in [9.17, 15) is 13.6 Å². The molecule has 2 fully saturated rings. The molecule has 1 saturated heterocycles. The Morgan fingerprint density at radius 3 is 2.47 bits per heavy atom. The van der Waals surface area contributed by atoms with E-state index in [1.807, 2.05) is 31.3 Å². The fraction of sp³-hybridized carbons (Fsp3) is 0.353. The van der Waals surface area contributed by atoms with Gasteiger partial charge in [-0.05, 0) is 68.3 Å². The third-order valence-electron chi connectivity index (χ3n) is 8.88. The molecule has 7 rings (SSSR count). The van der Waals surface area contributed by atoms with Gasteiger partial charge < -0.3 is 19.5 Å². The maximum atomic E-state index is 14.5. The van der Waals surface area contributed by atoms with E-state index in [-0.39, 0.29) is 34.4 Å². The molecule has 1 aliphatic heterocycles. The van der Waals surface area contributed by atoms with Crippen molar-refractivity contribution in [2.24, 2.45) is 7.05 Å². The summed E-state index contributed by atoms with van der Waals surface area (Å²) in [5.41, 5.74) is 1.71. The Bertz CT molecular complexity index is 1900. The van der Waals surface area contributed by atoms with Gasteiger partial charge in [0, 0.05) is 72.5 Å². The summed E-state index contributed by atoms with van der Waals surface area (Å²) in [5.74, 6) is 1.72. The number of likely N-dealkylation sites (tertiary alicyclic amines) is 1. The summed E-state index contributed by atoms with van der Waals surface area (Å²) >= 11 is 0. The molecule has 3 aromatic heterocycles. The van der Waals surface area contributed by atoms with E-state index < -0.39 is 6.43 Å². The van der Waals surface area contributed by atoms with Crippen molar-refractivity contribution in [3.63, 3.8) is 0 Å². The molecule has 232 valence electrons. The molecule has 1 atom stereocenters. The van der Waals surface area contributed by atoms with Crippen LogP contribution in [0.5, 0.6) is 5.75 Å². The highest BCUT2D eigenvalue weighted by molar-refractivity contribution is 5.83. The third kappa shape index (κ3) is 5.80. The quantitative estimate of drug-likeness (QED) is 0.208. The van der Waals surface area contributed by atoms with Crippen LogP contribution in [0.1, 0.15) is 50.1 Å². The molecule has 9 nitrogen and oxygen atoms in total. The average molecular weight is 612 g/mol. The number of aromatic nitrogens is 5. The Balaban J connectivity index is 1.24. The number of aryl methyl sites for hydroxylation is 1. The number of nitrogens with zero attached hydrogens (tertiary/aromatic N) is 6.